The number of benzene rings is 1. The molecular weight excluding hydrogens is 330 g/mol. The molecule has 5 heteroatoms. The van der Waals surface area contributed by atoms with Crippen LogP contribution in [0.15, 0.2) is 24.3 Å². The molecule has 1 saturated heterocycles. The molecule has 2 heterocycles. The molecule has 1 aromatic rings. The lowest BCUT2D eigenvalue weighted by atomic mass is 9.73. The molecule has 1 unspecified atom stereocenters. The van der Waals surface area contributed by atoms with Crippen LogP contribution >= 0.6 is 0 Å². The van der Waals surface area contributed by atoms with E-state index in [-0.39, 0.29) is 6.04 Å². The number of nitrogens with zero attached hydrogens (tertiary/aromatic N) is 1. The molecule has 0 N–H and O–H groups in total. The third-order valence-corrected chi connectivity index (χ3v) is 6.01. The van der Waals surface area contributed by atoms with Crippen molar-refractivity contribution in [2.24, 2.45) is 5.41 Å². The highest BCUT2D eigenvalue weighted by Crippen LogP contribution is 2.44. The average molecular weight is 359 g/mol. The van der Waals surface area contributed by atoms with Gasteiger partial charge in [0.05, 0.1) is 20.3 Å². The smallest absolute Gasteiger partial charge is 0.325 e. The number of hydrogen-bond acceptors (Lipinski definition) is 5. The van der Waals surface area contributed by atoms with Crippen LogP contribution in [0.1, 0.15) is 50.5 Å². The van der Waals surface area contributed by atoms with Crippen molar-refractivity contribution >= 4 is 17.6 Å². The standard InChI is InChI=1S/C21H29NO4/c1-25-19(23)21(20(24)26-2)14-13-16-10-7-8-11-17(16)22-15-9-5-3-4-6-12-18(21)22/h7-8,10-11,18H,3-6,9,12-15H2,1-2H3. The quantitative estimate of drug-likeness (QED) is 0.598. The number of ether oxygens (including phenoxy) is 2. The van der Waals surface area contributed by atoms with Crippen molar-refractivity contribution in [1.29, 1.82) is 0 Å². The van der Waals surface area contributed by atoms with Gasteiger partial charge in [-0.15, -0.1) is 0 Å². The van der Waals surface area contributed by atoms with Gasteiger partial charge in [-0.3, -0.25) is 9.59 Å². The first-order valence-corrected chi connectivity index (χ1v) is 9.66. The summed E-state index contributed by atoms with van der Waals surface area (Å²) in [6.07, 6.45) is 7.43. The molecule has 26 heavy (non-hydrogen) atoms. The lowest BCUT2D eigenvalue weighted by molar-refractivity contribution is -0.171. The molecule has 0 saturated carbocycles. The summed E-state index contributed by atoms with van der Waals surface area (Å²) in [5.74, 6) is -0.933. The van der Waals surface area contributed by atoms with E-state index in [9.17, 15) is 9.59 Å². The zero-order valence-corrected chi connectivity index (χ0v) is 15.8. The van der Waals surface area contributed by atoms with E-state index in [1.807, 2.05) is 12.1 Å². The number of rotatable bonds is 2. The largest absolute Gasteiger partial charge is 0.468 e. The van der Waals surface area contributed by atoms with Gasteiger partial charge in [0.15, 0.2) is 5.41 Å². The molecule has 5 nitrogen and oxygen atoms in total. The molecule has 0 spiro atoms. The Balaban J connectivity index is 2.15. The highest BCUT2D eigenvalue weighted by Gasteiger charge is 2.57. The van der Waals surface area contributed by atoms with E-state index in [4.69, 9.17) is 9.47 Å². The number of esters is 2. The van der Waals surface area contributed by atoms with Crippen LogP contribution in [0.25, 0.3) is 0 Å². The van der Waals surface area contributed by atoms with E-state index in [2.05, 4.69) is 17.0 Å². The van der Waals surface area contributed by atoms with Gasteiger partial charge in [-0.05, 0) is 37.3 Å². The summed E-state index contributed by atoms with van der Waals surface area (Å²) in [4.78, 5) is 28.3. The van der Waals surface area contributed by atoms with Crippen LogP contribution in [-0.2, 0) is 25.5 Å². The van der Waals surface area contributed by atoms with Gasteiger partial charge in [0.25, 0.3) is 0 Å². The van der Waals surface area contributed by atoms with E-state index in [1.54, 1.807) is 0 Å². The molecular formula is C21H29NO4. The van der Waals surface area contributed by atoms with Gasteiger partial charge in [0.2, 0.25) is 0 Å². The van der Waals surface area contributed by atoms with E-state index < -0.39 is 17.4 Å². The SMILES string of the molecule is COC(=O)C1(C(=O)OC)CCc2ccccc2N2CCCCCCCC21. The Morgan fingerprint density at radius 2 is 1.65 bits per heavy atom. The second kappa shape index (κ2) is 8.11. The summed E-state index contributed by atoms with van der Waals surface area (Å²) in [5, 5.41) is 0. The Morgan fingerprint density at radius 3 is 2.38 bits per heavy atom. The number of fused-ring (bicyclic) bond motifs is 3. The summed E-state index contributed by atoms with van der Waals surface area (Å²) < 4.78 is 10.3. The van der Waals surface area contributed by atoms with Crippen molar-refractivity contribution in [2.75, 3.05) is 25.7 Å². The van der Waals surface area contributed by atoms with Gasteiger partial charge in [-0.2, -0.15) is 0 Å². The molecule has 1 aromatic carbocycles. The van der Waals surface area contributed by atoms with Crippen LogP contribution in [0.5, 0.6) is 0 Å². The zero-order chi connectivity index (χ0) is 18.6. The van der Waals surface area contributed by atoms with Gasteiger partial charge >= 0.3 is 11.9 Å². The van der Waals surface area contributed by atoms with Gasteiger partial charge < -0.3 is 14.4 Å². The summed E-state index contributed by atoms with van der Waals surface area (Å²) in [5.41, 5.74) is 1.06. The van der Waals surface area contributed by atoms with Crippen LogP contribution < -0.4 is 4.90 Å². The van der Waals surface area contributed by atoms with Crippen molar-refractivity contribution < 1.29 is 19.1 Å². The van der Waals surface area contributed by atoms with Crippen molar-refractivity contribution in [3.8, 4) is 0 Å². The van der Waals surface area contributed by atoms with Gasteiger partial charge in [-0.1, -0.05) is 43.9 Å². The number of carbonyl (C=O) groups is 2. The molecule has 0 aliphatic carbocycles. The van der Waals surface area contributed by atoms with E-state index >= 15 is 0 Å². The Bertz CT molecular complexity index is 641. The van der Waals surface area contributed by atoms with Gasteiger partial charge in [0, 0.05) is 12.2 Å². The van der Waals surface area contributed by atoms with Crippen LogP contribution in [-0.4, -0.2) is 38.7 Å². The van der Waals surface area contributed by atoms with Gasteiger partial charge in [-0.25, -0.2) is 0 Å². The molecule has 0 aromatic heterocycles. The van der Waals surface area contributed by atoms with Crippen LogP contribution in [0, 0.1) is 5.41 Å². The predicted octanol–water partition coefficient (Wildman–Crippen LogP) is 3.49. The molecule has 1 atom stereocenters. The average Bonchev–Trinajstić information content (AvgIpc) is 2.74. The van der Waals surface area contributed by atoms with Crippen LogP contribution in [0.2, 0.25) is 0 Å². The summed E-state index contributed by atoms with van der Waals surface area (Å²) in [7, 11) is 2.73. The number of methoxy groups -OCH3 is 2. The number of carbonyl (C=O) groups excluding carboxylic acids is 2. The first-order chi connectivity index (χ1) is 12.6. The lowest BCUT2D eigenvalue weighted by Crippen LogP contribution is -2.57. The lowest BCUT2D eigenvalue weighted by Gasteiger charge is -2.42. The maximum atomic E-state index is 13.0. The number of para-hydroxylation sites is 1. The highest BCUT2D eigenvalue weighted by molar-refractivity contribution is 6.01. The molecule has 0 amide bonds. The third kappa shape index (κ3) is 3.19. The van der Waals surface area contributed by atoms with Crippen LogP contribution in [0.3, 0.4) is 0 Å². The highest BCUT2D eigenvalue weighted by atomic mass is 16.5. The van der Waals surface area contributed by atoms with Crippen molar-refractivity contribution in [1.82, 2.24) is 0 Å². The summed E-state index contributed by atoms with van der Waals surface area (Å²) >= 11 is 0. The molecule has 0 bridgehead atoms. The normalized spacial score (nSPS) is 22.5. The monoisotopic (exact) mass is 359 g/mol. The Morgan fingerprint density at radius 1 is 1.00 bits per heavy atom. The van der Waals surface area contributed by atoms with E-state index in [0.717, 1.165) is 37.9 Å². The van der Waals surface area contributed by atoms with Crippen molar-refractivity contribution in [3.05, 3.63) is 29.8 Å². The number of hydrogen-bond donors (Lipinski definition) is 0. The minimum atomic E-state index is -1.27. The minimum Gasteiger partial charge on any atom is -0.468 e. The fourth-order valence-electron chi connectivity index (χ4n) is 4.69. The molecule has 2 aliphatic rings. The third-order valence-electron chi connectivity index (χ3n) is 6.01. The van der Waals surface area contributed by atoms with Crippen molar-refractivity contribution in [2.45, 2.75) is 57.4 Å². The molecule has 2 aliphatic heterocycles. The Kier molecular flexibility index (Phi) is 5.84. The van der Waals surface area contributed by atoms with E-state index in [1.165, 1.54) is 32.6 Å². The Labute approximate surface area is 155 Å². The molecule has 0 radical (unpaired) electrons. The van der Waals surface area contributed by atoms with Crippen LogP contribution in [0.4, 0.5) is 5.69 Å². The predicted molar refractivity (Wildman–Crippen MR) is 100 cm³/mol. The van der Waals surface area contributed by atoms with Crippen molar-refractivity contribution in [3.63, 3.8) is 0 Å². The number of aryl methyl sites for hydroxylation is 1. The minimum absolute atomic E-state index is 0.232. The molecule has 3 rings (SSSR count). The fourth-order valence-corrected chi connectivity index (χ4v) is 4.69. The summed E-state index contributed by atoms with van der Waals surface area (Å²) in [6, 6.07) is 8.04. The number of anilines is 1. The maximum Gasteiger partial charge on any atom is 0.325 e. The fraction of sp³-hybridized carbons (Fsp3) is 0.619. The van der Waals surface area contributed by atoms with Gasteiger partial charge in [0.1, 0.15) is 0 Å². The maximum absolute atomic E-state index is 13.0. The second-order valence-corrected chi connectivity index (χ2v) is 7.35. The molecule has 1 fully saturated rings. The summed E-state index contributed by atoms with van der Waals surface area (Å²) in [6.45, 7) is 0.845. The van der Waals surface area contributed by atoms with E-state index in [0.29, 0.717) is 12.8 Å². The zero-order valence-electron chi connectivity index (χ0n) is 15.8. The topological polar surface area (TPSA) is 55.8 Å². The molecule has 142 valence electrons. The Hall–Kier alpha value is -2.04. The first kappa shape index (κ1) is 18.7. The first-order valence-electron chi connectivity index (χ1n) is 9.66. The second-order valence-electron chi connectivity index (χ2n) is 7.35.